The van der Waals surface area contributed by atoms with E-state index in [-0.39, 0.29) is 5.41 Å². The highest BCUT2D eigenvalue weighted by molar-refractivity contribution is 6.11. The van der Waals surface area contributed by atoms with Crippen molar-refractivity contribution in [3.63, 3.8) is 0 Å². The van der Waals surface area contributed by atoms with Gasteiger partial charge in [-0.1, -0.05) is 135 Å². The van der Waals surface area contributed by atoms with Crippen LogP contribution >= 0.6 is 0 Å². The van der Waals surface area contributed by atoms with Gasteiger partial charge in [0.2, 0.25) is 0 Å². The minimum absolute atomic E-state index is 0.134. The third-order valence-electron chi connectivity index (χ3n) is 11.0. The van der Waals surface area contributed by atoms with E-state index in [4.69, 9.17) is 23.8 Å². The summed E-state index contributed by atoms with van der Waals surface area (Å²) in [4.78, 5) is 15.4. The Morgan fingerprint density at radius 3 is 1.83 bits per heavy atom. The molecule has 5 heteroatoms. The summed E-state index contributed by atoms with van der Waals surface area (Å²) in [7, 11) is 0. The Morgan fingerprint density at radius 1 is 0.396 bits per heavy atom. The lowest BCUT2D eigenvalue weighted by Crippen LogP contribution is -2.14. The number of hydrogen-bond donors (Lipinski definition) is 0. The van der Waals surface area contributed by atoms with E-state index in [1.807, 2.05) is 48.5 Å². The summed E-state index contributed by atoms with van der Waals surface area (Å²) in [6.45, 7) is 4.58. The molecule has 0 amide bonds. The monoisotopic (exact) mass is 681 g/mol. The molecule has 0 aliphatic heterocycles. The van der Waals surface area contributed by atoms with Crippen molar-refractivity contribution in [2.24, 2.45) is 0 Å². The number of para-hydroxylation sites is 2. The van der Waals surface area contributed by atoms with Gasteiger partial charge in [0.05, 0.1) is 0 Å². The van der Waals surface area contributed by atoms with Crippen LogP contribution in [0.15, 0.2) is 160 Å². The van der Waals surface area contributed by atoms with Gasteiger partial charge in [-0.25, -0.2) is 15.0 Å². The quantitative estimate of drug-likeness (QED) is 0.185. The Hall–Kier alpha value is -6.85. The SMILES string of the molecule is CC1(C)c2ccccc2-c2c(-c3nc(-c4ccccc4)nc(-c4ccc5c(c4)oc4cc(-c6cccc7c6oc6ccccc67)ccc45)n3)cccc21. The van der Waals surface area contributed by atoms with Crippen molar-refractivity contribution in [3.8, 4) is 56.4 Å². The first-order chi connectivity index (χ1) is 26.0. The maximum Gasteiger partial charge on any atom is 0.164 e. The molecule has 0 saturated carbocycles. The van der Waals surface area contributed by atoms with Crippen LogP contribution in [0, 0.1) is 0 Å². The van der Waals surface area contributed by atoms with E-state index in [2.05, 4.69) is 117 Å². The Balaban J connectivity index is 1.06. The summed E-state index contributed by atoms with van der Waals surface area (Å²) in [5, 5.41) is 4.31. The summed E-state index contributed by atoms with van der Waals surface area (Å²) < 4.78 is 13.0. The fourth-order valence-corrected chi connectivity index (χ4v) is 8.34. The van der Waals surface area contributed by atoms with Gasteiger partial charge in [-0.3, -0.25) is 0 Å². The van der Waals surface area contributed by atoms with Crippen LogP contribution in [0.1, 0.15) is 25.0 Å². The number of fused-ring (bicyclic) bond motifs is 9. The molecule has 10 aromatic rings. The van der Waals surface area contributed by atoms with Crippen molar-refractivity contribution in [1.82, 2.24) is 15.0 Å². The van der Waals surface area contributed by atoms with Crippen LogP contribution in [0.4, 0.5) is 0 Å². The predicted molar refractivity (Wildman–Crippen MR) is 214 cm³/mol. The smallest absolute Gasteiger partial charge is 0.164 e. The van der Waals surface area contributed by atoms with Crippen LogP contribution < -0.4 is 0 Å². The number of hydrogen-bond acceptors (Lipinski definition) is 5. The molecule has 0 unspecified atom stereocenters. The minimum Gasteiger partial charge on any atom is -0.456 e. The van der Waals surface area contributed by atoms with Crippen LogP contribution in [0.25, 0.3) is 100 Å². The molecular weight excluding hydrogens is 651 g/mol. The Kier molecular flexibility index (Phi) is 6.23. The van der Waals surface area contributed by atoms with Crippen LogP contribution in [-0.4, -0.2) is 15.0 Å². The largest absolute Gasteiger partial charge is 0.456 e. The normalized spacial score (nSPS) is 13.2. The summed E-state index contributed by atoms with van der Waals surface area (Å²) in [5.74, 6) is 1.87. The molecule has 0 radical (unpaired) electrons. The Morgan fingerprint density at radius 2 is 0.981 bits per heavy atom. The second-order valence-electron chi connectivity index (χ2n) is 14.4. The zero-order chi connectivity index (χ0) is 35.3. The van der Waals surface area contributed by atoms with Crippen molar-refractivity contribution in [2.75, 3.05) is 0 Å². The van der Waals surface area contributed by atoms with Gasteiger partial charge in [-0.15, -0.1) is 0 Å². The standard InChI is InChI=1S/C48H31N3O2/c1-48(2)38-19-8-6-15-36(38)43-37(18-11-20-39(43)48)47-50-45(28-12-4-3-5-13-28)49-46(51-47)30-23-25-34-33-24-22-29(26-41(33)52-42(34)27-30)31-16-10-17-35-32-14-7-9-21-40(32)53-44(31)35/h3-27H,1-2H3. The average molecular weight is 682 g/mol. The molecule has 0 spiro atoms. The van der Waals surface area contributed by atoms with Gasteiger partial charge in [-0.2, -0.15) is 0 Å². The molecule has 1 aliphatic rings. The molecule has 11 rings (SSSR count). The van der Waals surface area contributed by atoms with Gasteiger partial charge in [-0.05, 0) is 58.1 Å². The van der Waals surface area contributed by atoms with Crippen LogP contribution in [0.2, 0.25) is 0 Å². The first-order valence-corrected chi connectivity index (χ1v) is 17.9. The molecule has 53 heavy (non-hydrogen) atoms. The third-order valence-corrected chi connectivity index (χ3v) is 11.0. The van der Waals surface area contributed by atoms with E-state index < -0.39 is 0 Å². The van der Waals surface area contributed by atoms with E-state index in [0.717, 1.165) is 71.7 Å². The van der Waals surface area contributed by atoms with Gasteiger partial charge >= 0.3 is 0 Å². The van der Waals surface area contributed by atoms with Crippen molar-refractivity contribution < 1.29 is 8.83 Å². The van der Waals surface area contributed by atoms with Crippen molar-refractivity contribution >= 4 is 43.9 Å². The lowest BCUT2D eigenvalue weighted by Gasteiger charge is -2.21. The van der Waals surface area contributed by atoms with Crippen LogP contribution in [0.3, 0.4) is 0 Å². The maximum atomic E-state index is 6.60. The maximum absolute atomic E-state index is 6.60. The molecule has 0 bridgehead atoms. The summed E-state index contributed by atoms with van der Waals surface area (Å²) in [6.07, 6.45) is 0. The van der Waals surface area contributed by atoms with E-state index in [1.165, 1.54) is 22.3 Å². The predicted octanol–water partition coefficient (Wildman–Crippen LogP) is 12.6. The molecule has 7 aromatic carbocycles. The fraction of sp³-hybridized carbons (Fsp3) is 0.0625. The molecule has 5 nitrogen and oxygen atoms in total. The first kappa shape index (κ1) is 29.8. The molecule has 0 N–H and O–H groups in total. The van der Waals surface area contributed by atoms with Crippen LogP contribution in [-0.2, 0) is 5.41 Å². The minimum atomic E-state index is -0.134. The number of nitrogens with zero attached hydrogens (tertiary/aromatic N) is 3. The third kappa shape index (κ3) is 4.47. The lowest BCUT2D eigenvalue weighted by atomic mass is 9.82. The van der Waals surface area contributed by atoms with E-state index in [0.29, 0.717) is 17.5 Å². The van der Waals surface area contributed by atoms with Gasteiger partial charge in [0.1, 0.15) is 22.3 Å². The number of furan rings is 2. The second kappa shape index (κ2) is 11.1. The first-order valence-electron chi connectivity index (χ1n) is 17.9. The number of benzene rings is 7. The number of aromatic nitrogens is 3. The van der Waals surface area contributed by atoms with Gasteiger partial charge in [0.25, 0.3) is 0 Å². The summed E-state index contributed by atoms with van der Waals surface area (Å²) in [6, 6.07) is 52.4. The lowest BCUT2D eigenvalue weighted by molar-refractivity contribution is 0.660. The molecule has 0 atom stereocenters. The van der Waals surface area contributed by atoms with Gasteiger partial charge in [0.15, 0.2) is 17.5 Å². The molecule has 0 fully saturated rings. The van der Waals surface area contributed by atoms with Crippen molar-refractivity contribution in [2.45, 2.75) is 19.3 Å². The molecule has 3 aromatic heterocycles. The topological polar surface area (TPSA) is 65.0 Å². The molecule has 0 saturated heterocycles. The summed E-state index contributed by atoms with van der Waals surface area (Å²) in [5.41, 5.74) is 13.1. The highest BCUT2D eigenvalue weighted by atomic mass is 16.3. The van der Waals surface area contributed by atoms with Crippen molar-refractivity contribution in [3.05, 3.63) is 163 Å². The van der Waals surface area contributed by atoms with E-state index >= 15 is 0 Å². The Bertz CT molecular complexity index is 3100. The van der Waals surface area contributed by atoms with Crippen LogP contribution in [0.5, 0.6) is 0 Å². The molecule has 3 heterocycles. The zero-order valence-corrected chi connectivity index (χ0v) is 29.1. The van der Waals surface area contributed by atoms with E-state index in [1.54, 1.807) is 0 Å². The van der Waals surface area contributed by atoms with Crippen molar-refractivity contribution in [1.29, 1.82) is 0 Å². The average Bonchev–Trinajstić information content (AvgIpc) is 3.85. The zero-order valence-electron chi connectivity index (χ0n) is 29.1. The Labute approximate surface area is 305 Å². The number of rotatable bonds is 4. The molecule has 1 aliphatic carbocycles. The fourth-order valence-electron chi connectivity index (χ4n) is 8.34. The molecule has 250 valence electrons. The highest BCUT2D eigenvalue weighted by Gasteiger charge is 2.37. The van der Waals surface area contributed by atoms with E-state index in [9.17, 15) is 0 Å². The van der Waals surface area contributed by atoms with Gasteiger partial charge in [0, 0.05) is 49.2 Å². The molecular formula is C48H31N3O2. The highest BCUT2D eigenvalue weighted by Crippen LogP contribution is 2.51. The van der Waals surface area contributed by atoms with Gasteiger partial charge < -0.3 is 8.83 Å². The summed E-state index contributed by atoms with van der Waals surface area (Å²) >= 11 is 0. The second-order valence-corrected chi connectivity index (χ2v) is 14.4.